The summed E-state index contributed by atoms with van der Waals surface area (Å²) in [6.45, 7) is 8.11. The molecule has 2 amide bonds. The highest BCUT2D eigenvalue weighted by Gasteiger charge is 2.34. The van der Waals surface area contributed by atoms with E-state index in [1.165, 1.54) is 25.8 Å². The summed E-state index contributed by atoms with van der Waals surface area (Å²) >= 11 is 0. The van der Waals surface area contributed by atoms with Crippen molar-refractivity contribution in [2.45, 2.75) is 52.5 Å². The lowest BCUT2D eigenvalue weighted by atomic mass is 10.0. The van der Waals surface area contributed by atoms with Gasteiger partial charge in [0.25, 0.3) is 0 Å². The first-order valence-corrected chi connectivity index (χ1v) is 6.96. The Balaban J connectivity index is 4.31. The van der Waals surface area contributed by atoms with Gasteiger partial charge in [0.05, 0.1) is 0 Å². The van der Waals surface area contributed by atoms with E-state index >= 15 is 0 Å². The first-order chi connectivity index (χ1) is 9.18. The molecule has 1 N–H and O–H groups in total. The number of aliphatic carboxylic acids is 1. The summed E-state index contributed by atoms with van der Waals surface area (Å²) in [5.74, 6) is -1.28. The Bertz CT molecular complexity index is 362. The average Bonchev–Trinajstić information content (AvgIpc) is 2.38. The van der Waals surface area contributed by atoms with Crippen LogP contribution < -0.4 is 0 Å². The van der Waals surface area contributed by atoms with Crippen LogP contribution in [0.3, 0.4) is 0 Å². The maximum absolute atomic E-state index is 11.9. The van der Waals surface area contributed by atoms with E-state index in [4.69, 9.17) is 5.11 Å². The molecule has 0 aliphatic heterocycles. The molecule has 6 nitrogen and oxygen atoms in total. The number of rotatable bonds is 8. The van der Waals surface area contributed by atoms with Gasteiger partial charge in [-0.2, -0.15) is 0 Å². The van der Waals surface area contributed by atoms with Crippen LogP contribution in [0.1, 0.15) is 47.0 Å². The first-order valence-electron chi connectivity index (χ1n) is 6.96. The van der Waals surface area contributed by atoms with Gasteiger partial charge < -0.3 is 14.9 Å². The molecule has 0 atom stereocenters. The van der Waals surface area contributed by atoms with Crippen molar-refractivity contribution < 1.29 is 19.5 Å². The predicted octanol–water partition coefficient (Wildman–Crippen LogP) is 1.35. The summed E-state index contributed by atoms with van der Waals surface area (Å²) in [5, 5.41) is 9.06. The maximum Gasteiger partial charge on any atom is 0.329 e. The topological polar surface area (TPSA) is 77.9 Å². The Labute approximate surface area is 120 Å². The van der Waals surface area contributed by atoms with Gasteiger partial charge in [0.2, 0.25) is 11.8 Å². The Hall–Kier alpha value is -1.59. The van der Waals surface area contributed by atoms with Gasteiger partial charge in [-0.15, -0.1) is 0 Å². The van der Waals surface area contributed by atoms with E-state index in [-0.39, 0.29) is 18.2 Å². The van der Waals surface area contributed by atoms with Gasteiger partial charge in [0, 0.05) is 33.0 Å². The molecule has 0 aliphatic rings. The van der Waals surface area contributed by atoms with Crippen LogP contribution in [0.25, 0.3) is 0 Å². The van der Waals surface area contributed by atoms with Gasteiger partial charge in [-0.3, -0.25) is 9.59 Å². The fourth-order valence-corrected chi connectivity index (χ4v) is 1.75. The number of hydrogen-bond acceptors (Lipinski definition) is 3. The molecule has 20 heavy (non-hydrogen) atoms. The average molecular weight is 286 g/mol. The second-order valence-corrected chi connectivity index (χ2v) is 5.24. The highest BCUT2D eigenvalue weighted by molar-refractivity contribution is 5.86. The summed E-state index contributed by atoms with van der Waals surface area (Å²) in [6.07, 6.45) is 0.934. The number of nitrogens with zero attached hydrogens (tertiary/aromatic N) is 2. The molecule has 0 aromatic rings. The minimum atomic E-state index is -1.24. The number of carbonyl (C=O) groups is 3. The predicted molar refractivity (Wildman–Crippen MR) is 76.3 cm³/mol. The Kier molecular flexibility index (Phi) is 7.24. The molecular weight excluding hydrogens is 260 g/mol. The van der Waals surface area contributed by atoms with E-state index in [1.807, 2.05) is 13.8 Å². The number of carboxylic acid groups (broad SMARTS) is 1. The normalized spacial score (nSPS) is 11.1. The fourth-order valence-electron chi connectivity index (χ4n) is 1.75. The van der Waals surface area contributed by atoms with Gasteiger partial charge in [0.1, 0.15) is 5.54 Å². The highest BCUT2D eigenvalue weighted by atomic mass is 16.4. The Morgan fingerprint density at radius 2 is 1.45 bits per heavy atom. The van der Waals surface area contributed by atoms with E-state index in [2.05, 4.69) is 0 Å². The lowest BCUT2D eigenvalue weighted by Gasteiger charge is -2.31. The molecule has 0 rings (SSSR count). The molecule has 0 radical (unpaired) electrons. The quantitative estimate of drug-likeness (QED) is 0.730. The number of amides is 2. The largest absolute Gasteiger partial charge is 0.480 e. The number of carbonyl (C=O) groups excluding carboxylic acids is 2. The second kappa shape index (κ2) is 7.87. The van der Waals surface area contributed by atoms with Crippen molar-refractivity contribution in [3.05, 3.63) is 0 Å². The fraction of sp³-hybridized carbons (Fsp3) is 0.786. The molecule has 0 aromatic carbocycles. The summed E-state index contributed by atoms with van der Waals surface area (Å²) in [7, 11) is 1.47. The minimum absolute atomic E-state index is 0.0305. The summed E-state index contributed by atoms with van der Waals surface area (Å²) in [6, 6.07) is 0. The van der Waals surface area contributed by atoms with Crippen LogP contribution in [-0.2, 0) is 14.4 Å². The molecule has 0 spiro atoms. The molecule has 0 saturated heterocycles. The van der Waals surface area contributed by atoms with Crippen molar-refractivity contribution in [3.63, 3.8) is 0 Å². The van der Waals surface area contributed by atoms with E-state index in [0.29, 0.717) is 25.9 Å². The molecule has 0 bridgehead atoms. The monoisotopic (exact) mass is 286 g/mol. The smallest absolute Gasteiger partial charge is 0.329 e. The van der Waals surface area contributed by atoms with Crippen molar-refractivity contribution in [2.75, 3.05) is 20.1 Å². The summed E-state index contributed by atoms with van der Waals surface area (Å²) < 4.78 is 0. The molecule has 6 heteroatoms. The van der Waals surface area contributed by atoms with Crippen molar-refractivity contribution >= 4 is 17.8 Å². The van der Waals surface area contributed by atoms with E-state index in [9.17, 15) is 14.4 Å². The van der Waals surface area contributed by atoms with E-state index < -0.39 is 11.5 Å². The van der Waals surface area contributed by atoms with Gasteiger partial charge in [-0.25, -0.2) is 4.79 Å². The third-order valence-corrected chi connectivity index (χ3v) is 3.63. The highest BCUT2D eigenvalue weighted by Crippen LogP contribution is 2.15. The van der Waals surface area contributed by atoms with Crippen LogP contribution in [0, 0.1) is 0 Å². The Morgan fingerprint density at radius 3 is 1.85 bits per heavy atom. The summed E-state index contributed by atoms with van der Waals surface area (Å²) in [5.41, 5.74) is -1.24. The lowest BCUT2D eigenvalue weighted by molar-refractivity contribution is -0.155. The molecule has 0 heterocycles. The molecule has 0 fully saturated rings. The van der Waals surface area contributed by atoms with Gasteiger partial charge in [-0.05, 0) is 34.1 Å². The zero-order valence-corrected chi connectivity index (χ0v) is 13.1. The SMILES string of the molecule is CCN(CC)C(=O)CCCC(=O)N(C)C(C)(C)C(=O)O. The minimum Gasteiger partial charge on any atom is -0.480 e. The zero-order chi connectivity index (χ0) is 15.9. The third kappa shape index (κ3) is 4.83. The van der Waals surface area contributed by atoms with Crippen molar-refractivity contribution in [3.8, 4) is 0 Å². The number of hydrogen-bond donors (Lipinski definition) is 1. The number of carboxylic acids is 1. The Morgan fingerprint density at radius 1 is 1.00 bits per heavy atom. The molecule has 0 saturated carbocycles. The standard InChI is InChI=1S/C14H26N2O4/c1-6-16(7-2)12(18)10-8-9-11(17)15(5)14(3,4)13(19)20/h6-10H2,1-5H3,(H,19,20). The summed E-state index contributed by atoms with van der Waals surface area (Å²) in [4.78, 5) is 37.7. The van der Waals surface area contributed by atoms with Crippen molar-refractivity contribution in [1.29, 1.82) is 0 Å². The lowest BCUT2D eigenvalue weighted by Crippen LogP contribution is -2.50. The van der Waals surface area contributed by atoms with Gasteiger partial charge >= 0.3 is 5.97 Å². The van der Waals surface area contributed by atoms with Crippen LogP contribution >= 0.6 is 0 Å². The zero-order valence-electron chi connectivity index (χ0n) is 13.1. The van der Waals surface area contributed by atoms with E-state index in [1.54, 1.807) is 4.90 Å². The molecule has 0 aromatic heterocycles. The maximum atomic E-state index is 11.9. The van der Waals surface area contributed by atoms with Crippen molar-refractivity contribution in [1.82, 2.24) is 9.80 Å². The van der Waals surface area contributed by atoms with Crippen LogP contribution in [0.15, 0.2) is 0 Å². The van der Waals surface area contributed by atoms with Crippen LogP contribution in [0.2, 0.25) is 0 Å². The number of likely N-dealkylation sites (N-methyl/N-ethyl adjacent to an activating group) is 1. The van der Waals surface area contributed by atoms with Crippen LogP contribution in [-0.4, -0.2) is 58.4 Å². The van der Waals surface area contributed by atoms with Gasteiger partial charge in [0.15, 0.2) is 0 Å². The van der Waals surface area contributed by atoms with E-state index in [0.717, 1.165) is 0 Å². The first kappa shape index (κ1) is 18.4. The second-order valence-electron chi connectivity index (χ2n) is 5.24. The molecule has 0 unspecified atom stereocenters. The molecule has 116 valence electrons. The van der Waals surface area contributed by atoms with Crippen LogP contribution in [0.4, 0.5) is 0 Å². The van der Waals surface area contributed by atoms with Gasteiger partial charge in [-0.1, -0.05) is 0 Å². The van der Waals surface area contributed by atoms with Crippen LogP contribution in [0.5, 0.6) is 0 Å². The molecular formula is C14H26N2O4. The van der Waals surface area contributed by atoms with Crippen molar-refractivity contribution in [2.24, 2.45) is 0 Å². The third-order valence-electron chi connectivity index (χ3n) is 3.63. The molecule has 0 aliphatic carbocycles.